The summed E-state index contributed by atoms with van der Waals surface area (Å²) >= 11 is 0. The topological polar surface area (TPSA) is 57.6 Å². The molecule has 0 fully saturated rings. The Morgan fingerprint density at radius 2 is 1.67 bits per heavy atom. The van der Waals surface area contributed by atoms with Gasteiger partial charge in [0.15, 0.2) is 11.5 Å². The van der Waals surface area contributed by atoms with Gasteiger partial charge >= 0.3 is 0 Å². The van der Waals surface area contributed by atoms with Gasteiger partial charge in [0.25, 0.3) is 5.91 Å². The van der Waals surface area contributed by atoms with Crippen LogP contribution < -0.4 is 0 Å². The van der Waals surface area contributed by atoms with Crippen molar-refractivity contribution in [3.8, 4) is 0 Å². The maximum absolute atomic E-state index is 13.0. The third-order valence-corrected chi connectivity index (χ3v) is 4.96. The zero-order valence-electron chi connectivity index (χ0n) is 15.6. The summed E-state index contributed by atoms with van der Waals surface area (Å²) in [7, 11) is 0. The first-order valence-electron chi connectivity index (χ1n) is 9.49. The fraction of sp³-hybridized carbons (Fsp3) is 0.304. The largest absolute Gasteiger partial charge is 0.503 e. The van der Waals surface area contributed by atoms with E-state index in [9.17, 15) is 14.7 Å². The molecule has 2 aromatic carbocycles. The molecule has 1 atom stereocenters. The van der Waals surface area contributed by atoms with Crippen molar-refractivity contribution in [2.24, 2.45) is 0 Å². The molecule has 1 amide bonds. The molecule has 0 spiro atoms. The number of nitrogens with zero attached hydrogens (tertiary/aromatic N) is 1. The Labute approximate surface area is 160 Å². The van der Waals surface area contributed by atoms with Crippen molar-refractivity contribution in [2.75, 3.05) is 6.54 Å². The Morgan fingerprint density at radius 1 is 1.04 bits per heavy atom. The number of benzene rings is 2. The van der Waals surface area contributed by atoms with E-state index in [1.54, 1.807) is 4.90 Å². The number of unbranched alkanes of at least 4 members (excludes halogenated alkanes) is 1. The molecule has 0 saturated carbocycles. The second kappa shape index (κ2) is 8.67. The molecule has 2 aromatic rings. The van der Waals surface area contributed by atoms with Gasteiger partial charge in [-0.2, -0.15) is 0 Å². The van der Waals surface area contributed by atoms with Crippen molar-refractivity contribution in [3.05, 3.63) is 83.1 Å². The predicted octanol–water partition coefficient (Wildman–Crippen LogP) is 4.38. The van der Waals surface area contributed by atoms with Crippen molar-refractivity contribution in [3.63, 3.8) is 0 Å². The lowest BCUT2D eigenvalue weighted by molar-refractivity contribution is -0.129. The molecular weight excluding hydrogens is 338 g/mol. The first kappa shape index (κ1) is 18.9. The Kier molecular flexibility index (Phi) is 6.07. The van der Waals surface area contributed by atoms with Crippen LogP contribution in [-0.2, 0) is 16.0 Å². The molecule has 0 aliphatic carbocycles. The average molecular weight is 363 g/mol. The van der Waals surface area contributed by atoms with E-state index in [0.29, 0.717) is 13.0 Å². The van der Waals surface area contributed by atoms with Crippen LogP contribution in [0, 0.1) is 0 Å². The lowest BCUT2D eigenvalue weighted by Crippen LogP contribution is -2.32. The maximum atomic E-state index is 13.0. The highest BCUT2D eigenvalue weighted by Gasteiger charge is 2.42. The van der Waals surface area contributed by atoms with Gasteiger partial charge in [0, 0.05) is 13.0 Å². The number of rotatable bonds is 8. The molecule has 3 rings (SSSR count). The Morgan fingerprint density at radius 3 is 2.30 bits per heavy atom. The molecule has 0 radical (unpaired) electrons. The minimum Gasteiger partial charge on any atom is -0.503 e. The van der Waals surface area contributed by atoms with Crippen molar-refractivity contribution >= 4 is 11.7 Å². The monoisotopic (exact) mass is 363 g/mol. The van der Waals surface area contributed by atoms with Crippen LogP contribution in [0.15, 0.2) is 72.0 Å². The molecule has 1 heterocycles. The first-order valence-corrected chi connectivity index (χ1v) is 9.49. The van der Waals surface area contributed by atoms with Crippen LogP contribution in [-0.4, -0.2) is 28.2 Å². The summed E-state index contributed by atoms with van der Waals surface area (Å²) in [5, 5.41) is 10.5. The number of Topliss-reactive ketones (excluding diaryl/α,β-unsaturated/α-hetero) is 1. The van der Waals surface area contributed by atoms with E-state index < -0.39 is 17.7 Å². The zero-order valence-corrected chi connectivity index (χ0v) is 15.6. The van der Waals surface area contributed by atoms with Gasteiger partial charge in [-0.25, -0.2) is 0 Å². The van der Waals surface area contributed by atoms with Gasteiger partial charge in [-0.1, -0.05) is 74.0 Å². The number of amides is 1. The molecule has 1 aliphatic heterocycles. The Hall–Kier alpha value is -2.88. The molecule has 4 nitrogen and oxygen atoms in total. The minimum atomic E-state index is -0.506. The van der Waals surface area contributed by atoms with Gasteiger partial charge in [-0.15, -0.1) is 0 Å². The van der Waals surface area contributed by atoms with Gasteiger partial charge in [-0.3, -0.25) is 9.59 Å². The Balaban J connectivity index is 1.87. The van der Waals surface area contributed by atoms with E-state index in [-0.39, 0.29) is 17.8 Å². The van der Waals surface area contributed by atoms with E-state index in [1.165, 1.54) is 0 Å². The summed E-state index contributed by atoms with van der Waals surface area (Å²) < 4.78 is 0. The molecule has 1 N–H and O–H groups in total. The normalized spacial score (nSPS) is 16.9. The third-order valence-electron chi connectivity index (χ3n) is 4.96. The summed E-state index contributed by atoms with van der Waals surface area (Å²) in [5.41, 5.74) is 2.15. The molecule has 0 bridgehead atoms. The van der Waals surface area contributed by atoms with Crippen molar-refractivity contribution < 1.29 is 14.7 Å². The van der Waals surface area contributed by atoms with Crippen LogP contribution in [0.25, 0.3) is 0 Å². The molecule has 4 heteroatoms. The molecule has 140 valence electrons. The maximum Gasteiger partial charge on any atom is 0.290 e. The smallest absolute Gasteiger partial charge is 0.290 e. The molecule has 0 saturated heterocycles. The average Bonchev–Trinajstić information content (AvgIpc) is 2.96. The van der Waals surface area contributed by atoms with E-state index >= 15 is 0 Å². The van der Waals surface area contributed by atoms with E-state index in [0.717, 1.165) is 24.0 Å². The summed E-state index contributed by atoms with van der Waals surface area (Å²) in [6.45, 7) is 2.58. The van der Waals surface area contributed by atoms with Crippen molar-refractivity contribution in [1.82, 2.24) is 4.90 Å². The lowest BCUT2D eigenvalue weighted by Gasteiger charge is -2.26. The summed E-state index contributed by atoms with van der Waals surface area (Å²) in [4.78, 5) is 27.3. The van der Waals surface area contributed by atoms with Crippen LogP contribution in [0.3, 0.4) is 0 Å². The summed E-state index contributed by atoms with van der Waals surface area (Å²) in [6, 6.07) is 18.7. The number of aliphatic hydroxyl groups is 1. The number of aryl methyl sites for hydroxylation is 1. The highest BCUT2D eigenvalue weighted by Crippen LogP contribution is 2.38. The van der Waals surface area contributed by atoms with Crippen LogP contribution in [0.5, 0.6) is 0 Å². The Bertz CT molecular complexity index is 827. The van der Waals surface area contributed by atoms with E-state index in [2.05, 4.69) is 6.92 Å². The molecule has 0 aromatic heterocycles. The van der Waals surface area contributed by atoms with E-state index in [1.807, 2.05) is 60.7 Å². The fourth-order valence-corrected chi connectivity index (χ4v) is 3.52. The second-order valence-corrected chi connectivity index (χ2v) is 6.84. The quantitative estimate of drug-likeness (QED) is 0.757. The fourth-order valence-electron chi connectivity index (χ4n) is 3.52. The minimum absolute atomic E-state index is 0.169. The SMILES string of the molecule is CCCCN1C(=O)C(O)=C(C(=O)CCc2ccccc2)[C@H]1c1ccccc1. The van der Waals surface area contributed by atoms with E-state index in [4.69, 9.17) is 0 Å². The number of hydrogen-bond donors (Lipinski definition) is 1. The summed E-state index contributed by atoms with van der Waals surface area (Å²) in [5.74, 6) is -1.00. The van der Waals surface area contributed by atoms with Crippen molar-refractivity contribution in [2.45, 2.75) is 38.6 Å². The first-order chi connectivity index (χ1) is 13.1. The van der Waals surface area contributed by atoms with Gasteiger partial charge in [0.2, 0.25) is 0 Å². The number of carbonyl (C=O) groups excluding carboxylic acids is 2. The number of hydrogen-bond acceptors (Lipinski definition) is 3. The zero-order chi connectivity index (χ0) is 19.2. The lowest BCUT2D eigenvalue weighted by atomic mass is 9.93. The van der Waals surface area contributed by atoms with Gasteiger partial charge in [0.05, 0.1) is 11.6 Å². The molecule has 27 heavy (non-hydrogen) atoms. The number of ketones is 1. The van der Waals surface area contributed by atoms with Crippen LogP contribution in [0.1, 0.15) is 43.4 Å². The van der Waals surface area contributed by atoms with Crippen molar-refractivity contribution in [1.29, 1.82) is 0 Å². The summed E-state index contributed by atoms with van der Waals surface area (Å²) in [6.07, 6.45) is 2.61. The molecule has 1 aliphatic rings. The van der Waals surface area contributed by atoms with Crippen LogP contribution in [0.2, 0.25) is 0 Å². The van der Waals surface area contributed by atoms with Gasteiger partial charge in [0.1, 0.15) is 0 Å². The van der Waals surface area contributed by atoms with Gasteiger partial charge in [-0.05, 0) is 24.0 Å². The molecule has 0 unspecified atom stereocenters. The highest BCUT2D eigenvalue weighted by atomic mass is 16.3. The molecular formula is C23H25NO3. The van der Waals surface area contributed by atoms with Crippen LogP contribution >= 0.6 is 0 Å². The highest BCUT2D eigenvalue weighted by molar-refractivity contribution is 6.09. The second-order valence-electron chi connectivity index (χ2n) is 6.84. The number of carbonyl (C=O) groups is 2. The third kappa shape index (κ3) is 4.11. The number of aliphatic hydroxyl groups excluding tert-OH is 1. The van der Waals surface area contributed by atoms with Gasteiger partial charge < -0.3 is 10.0 Å². The predicted molar refractivity (Wildman–Crippen MR) is 105 cm³/mol. The van der Waals surface area contributed by atoms with Crippen LogP contribution in [0.4, 0.5) is 0 Å². The standard InChI is InChI=1S/C23H25NO3/c1-2-3-16-24-21(18-12-8-5-9-13-18)20(22(26)23(24)27)19(25)15-14-17-10-6-4-7-11-17/h4-13,21,26H,2-3,14-16H2,1H3/t21-/m1/s1.